The third-order valence-electron chi connectivity index (χ3n) is 0.933. The van der Waals surface area contributed by atoms with Gasteiger partial charge < -0.3 is 4.74 Å². The van der Waals surface area contributed by atoms with Crippen molar-refractivity contribution in [1.29, 1.82) is 0 Å². The number of halogens is 2. The first-order chi connectivity index (χ1) is 5.33. The third-order valence-corrected chi connectivity index (χ3v) is 2.65. The summed E-state index contributed by atoms with van der Waals surface area (Å²) in [4.78, 5) is 10.7. The van der Waals surface area contributed by atoms with Crippen molar-refractivity contribution in [2.75, 3.05) is 12.8 Å². The number of hydrogen-bond donors (Lipinski definition) is 0. The molecule has 0 saturated carbocycles. The molecule has 0 radical (unpaired) electrons. The zero-order valence-corrected chi connectivity index (χ0v) is 8.96. The average Bonchev–Trinajstić information content (AvgIpc) is 1.84. The van der Waals surface area contributed by atoms with Gasteiger partial charge in [0.1, 0.15) is 6.61 Å². The molecule has 0 rings (SSSR count). The molecule has 0 atom stereocenters. The zero-order chi connectivity index (χ0) is 9.78. The lowest BCUT2D eigenvalue weighted by Gasteiger charge is -2.03. The molecule has 0 fully saturated rings. The Bertz CT molecular complexity index is 233. The van der Waals surface area contributed by atoms with Crippen LogP contribution < -0.4 is 0 Å². The van der Waals surface area contributed by atoms with Gasteiger partial charge in [0.05, 0.1) is 6.16 Å². The maximum Gasteiger partial charge on any atom is 0.333 e. The van der Waals surface area contributed by atoms with E-state index in [2.05, 4.69) is 11.3 Å². The van der Waals surface area contributed by atoms with Crippen molar-refractivity contribution in [3.05, 3.63) is 12.2 Å². The molecule has 0 heterocycles. The summed E-state index contributed by atoms with van der Waals surface area (Å²) in [5.74, 6) is -3.65. The highest BCUT2D eigenvalue weighted by Gasteiger charge is 2.14. The van der Waals surface area contributed by atoms with Crippen molar-refractivity contribution in [3.8, 4) is 0 Å². The Balaban J connectivity index is 3.65. The van der Waals surface area contributed by atoms with Gasteiger partial charge in [-0.25, -0.2) is 4.79 Å². The molecule has 0 bridgehead atoms. The maximum absolute atomic E-state index is 10.7. The molecule has 0 saturated heterocycles. The van der Waals surface area contributed by atoms with Crippen LogP contribution in [-0.2, 0) is 14.1 Å². The van der Waals surface area contributed by atoms with Gasteiger partial charge in [-0.2, -0.15) is 0 Å². The summed E-state index contributed by atoms with van der Waals surface area (Å²) < 4.78 is 15.3. The highest BCUT2D eigenvalue weighted by Crippen LogP contribution is 2.56. The van der Waals surface area contributed by atoms with Crippen molar-refractivity contribution >= 4 is 34.3 Å². The molecular weight excluding hydrogens is 222 g/mol. The van der Waals surface area contributed by atoms with Gasteiger partial charge in [0.15, 0.2) is 0 Å². The number of esters is 1. The van der Waals surface area contributed by atoms with E-state index in [0.29, 0.717) is 0 Å². The fraction of sp³-hybridized carbons (Fsp3) is 0.500. The van der Waals surface area contributed by atoms with E-state index in [-0.39, 0.29) is 18.3 Å². The lowest BCUT2D eigenvalue weighted by atomic mass is 10.4. The molecule has 0 amide bonds. The van der Waals surface area contributed by atoms with Crippen molar-refractivity contribution < 1.29 is 14.1 Å². The Hall–Kier alpha value is 0.0200. The van der Waals surface area contributed by atoms with Gasteiger partial charge in [0.2, 0.25) is 0 Å². The van der Waals surface area contributed by atoms with Crippen molar-refractivity contribution in [1.82, 2.24) is 0 Å². The molecule has 0 N–H and O–H groups in total. The van der Waals surface area contributed by atoms with E-state index in [0.717, 1.165) is 0 Å². The number of rotatable bonds is 4. The normalized spacial score (nSPS) is 10.9. The molecule has 0 aliphatic heterocycles. The van der Waals surface area contributed by atoms with Gasteiger partial charge in [-0.15, -0.1) is 0 Å². The van der Waals surface area contributed by atoms with Crippen LogP contribution in [0.1, 0.15) is 6.92 Å². The molecular formula is C6H9Cl2O3P. The van der Waals surface area contributed by atoms with Crippen LogP contribution in [-0.4, -0.2) is 18.7 Å². The SMILES string of the molecule is C=C(C)C(=O)OCCP(=O)(Cl)Cl. The van der Waals surface area contributed by atoms with Gasteiger partial charge in [0, 0.05) is 5.57 Å². The first-order valence-corrected chi connectivity index (χ1v) is 6.84. The second-order valence-corrected chi connectivity index (χ2v) is 7.59. The monoisotopic (exact) mass is 230 g/mol. The van der Waals surface area contributed by atoms with Gasteiger partial charge in [-0.1, -0.05) is 6.58 Å². The van der Waals surface area contributed by atoms with Gasteiger partial charge in [-0.3, -0.25) is 4.57 Å². The van der Waals surface area contributed by atoms with Crippen LogP contribution in [0.5, 0.6) is 0 Å². The van der Waals surface area contributed by atoms with E-state index in [1.165, 1.54) is 6.92 Å². The second-order valence-electron chi connectivity index (χ2n) is 2.21. The molecule has 0 aromatic carbocycles. The van der Waals surface area contributed by atoms with E-state index in [4.69, 9.17) is 22.5 Å². The molecule has 6 heteroatoms. The molecule has 0 aromatic rings. The standard InChI is InChI=1S/C6H9Cl2O3P/c1-5(2)6(9)11-3-4-12(7,8)10/h1,3-4H2,2H3. The van der Waals surface area contributed by atoms with Crippen LogP contribution in [0.2, 0.25) is 0 Å². The average molecular weight is 231 g/mol. The molecule has 0 unspecified atom stereocenters. The van der Waals surface area contributed by atoms with Crippen molar-refractivity contribution in [3.63, 3.8) is 0 Å². The van der Waals surface area contributed by atoms with Crippen LogP contribution in [0, 0.1) is 0 Å². The van der Waals surface area contributed by atoms with E-state index >= 15 is 0 Å². The third kappa shape index (κ3) is 6.71. The molecule has 3 nitrogen and oxygen atoms in total. The van der Waals surface area contributed by atoms with Gasteiger partial charge in [-0.05, 0) is 29.4 Å². The van der Waals surface area contributed by atoms with Gasteiger partial charge in [0.25, 0.3) is 5.85 Å². The van der Waals surface area contributed by atoms with Crippen LogP contribution in [0.3, 0.4) is 0 Å². The highest BCUT2D eigenvalue weighted by molar-refractivity contribution is 8.08. The Kier molecular flexibility index (Phi) is 4.91. The smallest absolute Gasteiger partial charge is 0.333 e. The maximum atomic E-state index is 10.7. The minimum Gasteiger partial charge on any atom is -0.462 e. The summed E-state index contributed by atoms with van der Waals surface area (Å²) in [5, 5.41) is 0. The van der Waals surface area contributed by atoms with Crippen LogP contribution >= 0.6 is 28.3 Å². The van der Waals surface area contributed by atoms with Gasteiger partial charge >= 0.3 is 5.97 Å². The first-order valence-electron chi connectivity index (χ1n) is 3.14. The van der Waals surface area contributed by atoms with Crippen molar-refractivity contribution in [2.45, 2.75) is 6.92 Å². The quantitative estimate of drug-likeness (QED) is 0.424. The Morgan fingerprint density at radius 1 is 1.58 bits per heavy atom. The summed E-state index contributed by atoms with van der Waals surface area (Å²) >= 11 is 10.4. The summed E-state index contributed by atoms with van der Waals surface area (Å²) in [6.07, 6.45) is -0.0326. The molecule has 12 heavy (non-hydrogen) atoms. The molecule has 0 spiro atoms. The van der Waals surface area contributed by atoms with Crippen molar-refractivity contribution in [2.24, 2.45) is 0 Å². The lowest BCUT2D eigenvalue weighted by molar-refractivity contribution is -0.138. The predicted octanol–water partition coefficient (Wildman–Crippen LogP) is 2.78. The summed E-state index contributed by atoms with van der Waals surface area (Å²) in [5.41, 5.74) is 0.286. The van der Waals surface area contributed by atoms with E-state index < -0.39 is 11.8 Å². The number of ether oxygens (including phenoxy) is 1. The minimum atomic E-state index is -3.11. The molecule has 0 aliphatic carbocycles. The molecule has 0 aromatic heterocycles. The minimum absolute atomic E-state index is 0.0326. The summed E-state index contributed by atoms with van der Waals surface area (Å²) in [6, 6.07) is 0. The van der Waals surface area contributed by atoms with Crippen LogP contribution in [0.25, 0.3) is 0 Å². The number of carbonyl (C=O) groups is 1. The fourth-order valence-corrected chi connectivity index (χ4v) is 1.09. The number of carbonyl (C=O) groups excluding carboxylic acids is 1. The predicted molar refractivity (Wildman–Crippen MR) is 50.0 cm³/mol. The van der Waals surface area contributed by atoms with E-state index in [9.17, 15) is 9.36 Å². The Morgan fingerprint density at radius 3 is 2.42 bits per heavy atom. The molecule has 0 aliphatic rings. The summed E-state index contributed by atoms with van der Waals surface area (Å²) in [7, 11) is 0. The summed E-state index contributed by atoms with van der Waals surface area (Å²) in [6.45, 7) is 4.83. The van der Waals surface area contributed by atoms with Crippen LogP contribution in [0.15, 0.2) is 12.2 Å². The lowest BCUT2D eigenvalue weighted by Crippen LogP contribution is -2.07. The fourth-order valence-electron chi connectivity index (χ4n) is 0.368. The molecule has 70 valence electrons. The largest absolute Gasteiger partial charge is 0.462 e. The topological polar surface area (TPSA) is 43.4 Å². The Morgan fingerprint density at radius 2 is 2.08 bits per heavy atom. The Labute approximate surface area is 80.6 Å². The first kappa shape index (κ1) is 12.0. The second kappa shape index (κ2) is 4.90. The zero-order valence-electron chi connectivity index (χ0n) is 6.55. The van der Waals surface area contributed by atoms with E-state index in [1.54, 1.807) is 0 Å². The highest BCUT2D eigenvalue weighted by atomic mass is 35.9. The number of hydrogen-bond acceptors (Lipinski definition) is 3. The van der Waals surface area contributed by atoms with E-state index in [1.807, 2.05) is 0 Å². The van der Waals surface area contributed by atoms with Crippen LogP contribution in [0.4, 0.5) is 0 Å².